The van der Waals surface area contributed by atoms with Crippen molar-refractivity contribution in [2.24, 2.45) is 0 Å². The highest BCUT2D eigenvalue weighted by atomic mass is 32.2. The first-order valence-corrected chi connectivity index (χ1v) is 8.22. The zero-order valence-corrected chi connectivity index (χ0v) is 14.5. The highest BCUT2D eigenvalue weighted by molar-refractivity contribution is 8.14. The van der Waals surface area contributed by atoms with Gasteiger partial charge in [0.05, 0.1) is 12.2 Å². The third kappa shape index (κ3) is 6.41. The molecule has 0 radical (unpaired) electrons. The highest BCUT2D eigenvalue weighted by Gasteiger charge is 2.23. The molecule has 0 aliphatic rings. The second kappa shape index (κ2) is 9.71. The molecule has 0 aliphatic carbocycles. The van der Waals surface area contributed by atoms with Crippen LogP contribution in [0, 0.1) is 0 Å². The molecule has 0 unspecified atom stereocenters. The van der Waals surface area contributed by atoms with E-state index in [2.05, 4.69) is 5.32 Å². The summed E-state index contributed by atoms with van der Waals surface area (Å²) in [5.41, 5.74) is 0.211. The maximum absolute atomic E-state index is 12.3. The number of amides is 1. The standard InChI is InChI=1S/C16H19NO6S/c1-4-22-15(20)13(17-10(2)18)9-24-16(21)12-7-5-6-8-14(12)23-11(3)19/h5-8,13H,4,9H2,1-3H3,(H,17,18)/t13-/m0/s1. The molecule has 0 aromatic heterocycles. The average molecular weight is 353 g/mol. The van der Waals surface area contributed by atoms with E-state index in [9.17, 15) is 19.2 Å². The van der Waals surface area contributed by atoms with E-state index in [1.165, 1.54) is 26.0 Å². The smallest absolute Gasteiger partial charge is 0.329 e. The number of ether oxygens (including phenoxy) is 2. The largest absolute Gasteiger partial charge is 0.464 e. The summed E-state index contributed by atoms with van der Waals surface area (Å²) in [4.78, 5) is 46.4. The maximum Gasteiger partial charge on any atom is 0.329 e. The second-order valence-electron chi connectivity index (χ2n) is 4.69. The quantitative estimate of drug-likeness (QED) is 0.586. The van der Waals surface area contributed by atoms with Crippen LogP contribution in [0.4, 0.5) is 0 Å². The van der Waals surface area contributed by atoms with Crippen LogP contribution in [-0.2, 0) is 19.1 Å². The topological polar surface area (TPSA) is 98.8 Å². The second-order valence-corrected chi connectivity index (χ2v) is 5.69. The number of carbonyl (C=O) groups excluding carboxylic acids is 4. The van der Waals surface area contributed by atoms with Gasteiger partial charge < -0.3 is 14.8 Å². The monoisotopic (exact) mass is 353 g/mol. The van der Waals surface area contributed by atoms with Gasteiger partial charge in [0.25, 0.3) is 0 Å². The van der Waals surface area contributed by atoms with Crippen LogP contribution in [0.25, 0.3) is 0 Å². The molecule has 0 spiro atoms. The molecule has 24 heavy (non-hydrogen) atoms. The molecule has 1 amide bonds. The number of carbonyl (C=O) groups is 4. The summed E-state index contributed by atoms with van der Waals surface area (Å²) in [5, 5.41) is 2.06. The molecule has 0 fully saturated rings. The van der Waals surface area contributed by atoms with Crippen LogP contribution in [-0.4, -0.2) is 41.4 Å². The number of rotatable bonds is 7. The van der Waals surface area contributed by atoms with Crippen molar-refractivity contribution in [3.8, 4) is 5.75 Å². The van der Waals surface area contributed by atoms with Crippen LogP contribution in [0.5, 0.6) is 5.75 Å². The lowest BCUT2D eigenvalue weighted by Crippen LogP contribution is -2.42. The predicted molar refractivity (Wildman–Crippen MR) is 88.8 cm³/mol. The van der Waals surface area contributed by atoms with E-state index in [1.54, 1.807) is 19.1 Å². The minimum absolute atomic E-state index is 0.00561. The molecule has 0 heterocycles. The van der Waals surface area contributed by atoms with Crippen LogP contribution >= 0.6 is 11.8 Å². The lowest BCUT2D eigenvalue weighted by molar-refractivity contribution is -0.146. The van der Waals surface area contributed by atoms with Crippen LogP contribution in [0.3, 0.4) is 0 Å². The Balaban J connectivity index is 2.80. The Bertz CT molecular complexity index is 631. The van der Waals surface area contributed by atoms with E-state index < -0.39 is 23.9 Å². The molecular weight excluding hydrogens is 334 g/mol. The summed E-state index contributed by atoms with van der Waals surface area (Å²) in [6.45, 7) is 4.33. The molecule has 130 valence electrons. The Labute approximate surface area is 144 Å². The van der Waals surface area contributed by atoms with Gasteiger partial charge in [-0.1, -0.05) is 23.9 Å². The van der Waals surface area contributed by atoms with Gasteiger partial charge in [-0.05, 0) is 19.1 Å². The molecule has 1 N–H and O–H groups in total. The molecule has 8 heteroatoms. The molecule has 0 saturated heterocycles. The van der Waals surface area contributed by atoms with Crippen LogP contribution < -0.4 is 10.1 Å². The first kappa shape index (κ1) is 19.7. The lowest BCUT2D eigenvalue weighted by Gasteiger charge is -2.15. The van der Waals surface area contributed by atoms with Crippen LogP contribution in [0.1, 0.15) is 31.1 Å². The number of esters is 2. The third-order valence-electron chi connectivity index (χ3n) is 2.69. The molecule has 0 aliphatic heterocycles. The fourth-order valence-corrected chi connectivity index (χ4v) is 2.63. The first-order valence-electron chi connectivity index (χ1n) is 7.23. The van der Waals surface area contributed by atoms with Crippen molar-refractivity contribution < 1.29 is 28.7 Å². The molecule has 7 nitrogen and oxygen atoms in total. The number of benzene rings is 1. The van der Waals surface area contributed by atoms with E-state index in [1.807, 2.05) is 0 Å². The summed E-state index contributed by atoms with van der Waals surface area (Å²) >= 11 is 0.829. The Kier molecular flexibility index (Phi) is 7.97. The predicted octanol–water partition coefficient (Wildman–Crippen LogP) is 1.55. The summed E-state index contributed by atoms with van der Waals surface area (Å²) in [6, 6.07) is 5.37. The first-order chi connectivity index (χ1) is 11.3. The normalized spacial score (nSPS) is 11.3. The van der Waals surface area contributed by atoms with Crippen molar-refractivity contribution in [2.45, 2.75) is 26.8 Å². The van der Waals surface area contributed by atoms with Gasteiger partial charge in [0, 0.05) is 19.6 Å². The summed E-state index contributed by atoms with van der Waals surface area (Å²) in [6.07, 6.45) is 0. The minimum atomic E-state index is -0.933. The van der Waals surface area contributed by atoms with Gasteiger partial charge in [-0.15, -0.1) is 0 Å². The summed E-state index contributed by atoms with van der Waals surface area (Å²) in [5.74, 6) is -1.40. The number of para-hydroxylation sites is 1. The maximum atomic E-state index is 12.3. The molecule has 1 rings (SSSR count). The fraction of sp³-hybridized carbons (Fsp3) is 0.375. The van der Waals surface area contributed by atoms with Crippen LogP contribution in [0.15, 0.2) is 24.3 Å². The number of hydrogen-bond donors (Lipinski definition) is 1. The van der Waals surface area contributed by atoms with Gasteiger partial charge in [-0.25, -0.2) is 4.79 Å². The van der Waals surface area contributed by atoms with Gasteiger partial charge in [0.1, 0.15) is 11.8 Å². The Morgan fingerprint density at radius 1 is 1.17 bits per heavy atom. The van der Waals surface area contributed by atoms with Crippen molar-refractivity contribution in [1.29, 1.82) is 0 Å². The van der Waals surface area contributed by atoms with Gasteiger partial charge in [-0.2, -0.15) is 0 Å². The summed E-state index contributed by atoms with van der Waals surface area (Å²) < 4.78 is 9.86. The molecular formula is C16H19NO6S. The van der Waals surface area contributed by atoms with E-state index in [0.29, 0.717) is 0 Å². The van der Waals surface area contributed by atoms with Gasteiger partial charge >= 0.3 is 11.9 Å². The minimum Gasteiger partial charge on any atom is -0.464 e. The Morgan fingerprint density at radius 3 is 2.42 bits per heavy atom. The highest BCUT2D eigenvalue weighted by Crippen LogP contribution is 2.24. The molecule has 1 atom stereocenters. The van der Waals surface area contributed by atoms with E-state index in [-0.39, 0.29) is 28.8 Å². The number of thioether (sulfide) groups is 1. The van der Waals surface area contributed by atoms with Crippen molar-refractivity contribution in [3.63, 3.8) is 0 Å². The van der Waals surface area contributed by atoms with E-state index in [0.717, 1.165) is 11.8 Å². The van der Waals surface area contributed by atoms with Crippen LogP contribution in [0.2, 0.25) is 0 Å². The van der Waals surface area contributed by atoms with Gasteiger partial charge in [0.15, 0.2) is 0 Å². The molecule has 0 saturated carbocycles. The van der Waals surface area contributed by atoms with Crippen molar-refractivity contribution >= 4 is 34.7 Å². The van der Waals surface area contributed by atoms with Crippen molar-refractivity contribution in [1.82, 2.24) is 5.32 Å². The SMILES string of the molecule is CCOC(=O)[C@H](CSC(=O)c1ccccc1OC(C)=O)NC(C)=O. The van der Waals surface area contributed by atoms with E-state index in [4.69, 9.17) is 9.47 Å². The average Bonchev–Trinajstić information content (AvgIpc) is 2.51. The van der Waals surface area contributed by atoms with Gasteiger partial charge in [-0.3, -0.25) is 14.4 Å². The van der Waals surface area contributed by atoms with Gasteiger partial charge in [0.2, 0.25) is 11.0 Å². The van der Waals surface area contributed by atoms with Crippen molar-refractivity contribution in [2.75, 3.05) is 12.4 Å². The Morgan fingerprint density at radius 2 is 1.83 bits per heavy atom. The molecule has 1 aromatic carbocycles. The molecule has 0 bridgehead atoms. The number of nitrogens with one attached hydrogen (secondary N) is 1. The third-order valence-corrected chi connectivity index (χ3v) is 3.67. The zero-order chi connectivity index (χ0) is 18.1. The van der Waals surface area contributed by atoms with Crippen molar-refractivity contribution in [3.05, 3.63) is 29.8 Å². The van der Waals surface area contributed by atoms with E-state index >= 15 is 0 Å². The molecule has 1 aromatic rings. The lowest BCUT2D eigenvalue weighted by atomic mass is 10.2. The zero-order valence-electron chi connectivity index (χ0n) is 13.7. The summed E-state index contributed by atoms with van der Waals surface area (Å²) in [7, 11) is 0. The fourth-order valence-electron chi connectivity index (χ4n) is 1.77. The number of hydrogen-bond acceptors (Lipinski definition) is 7. The Hall–Kier alpha value is -2.35.